The molecular weight excluding hydrogens is 248 g/mol. The van der Waals surface area contributed by atoms with Crippen LogP contribution in [0.25, 0.3) is 6.08 Å². The highest BCUT2D eigenvalue weighted by molar-refractivity contribution is 5.95. The minimum atomic E-state index is -0.507. The van der Waals surface area contributed by atoms with Gasteiger partial charge in [-0.1, -0.05) is 12.7 Å². The molecule has 6 nitrogen and oxygen atoms in total. The molecule has 0 unspecified atom stereocenters. The van der Waals surface area contributed by atoms with E-state index in [1.807, 2.05) is 0 Å². The van der Waals surface area contributed by atoms with Gasteiger partial charge in [0.05, 0.1) is 23.7 Å². The van der Waals surface area contributed by atoms with Gasteiger partial charge in [-0.15, -0.1) is 0 Å². The normalized spacial score (nSPS) is 15.1. The second-order valence-corrected chi connectivity index (χ2v) is 4.14. The molecule has 0 bridgehead atoms. The van der Waals surface area contributed by atoms with Crippen LogP contribution in [-0.4, -0.2) is 42.0 Å². The van der Waals surface area contributed by atoms with Crippen molar-refractivity contribution in [1.82, 2.24) is 4.90 Å². The zero-order chi connectivity index (χ0) is 13.8. The van der Waals surface area contributed by atoms with Crippen LogP contribution < -0.4 is 0 Å². The third-order valence-electron chi connectivity index (χ3n) is 2.99. The summed E-state index contributed by atoms with van der Waals surface area (Å²) in [7, 11) is 0. The van der Waals surface area contributed by atoms with Crippen LogP contribution in [0.2, 0.25) is 0 Å². The minimum absolute atomic E-state index is 0.103. The largest absolute Gasteiger partial charge is 0.378 e. The summed E-state index contributed by atoms with van der Waals surface area (Å²) in [5.41, 5.74) is 0.622. The van der Waals surface area contributed by atoms with Crippen LogP contribution in [0.15, 0.2) is 24.8 Å². The van der Waals surface area contributed by atoms with Crippen LogP contribution in [0.3, 0.4) is 0 Å². The van der Waals surface area contributed by atoms with Crippen LogP contribution in [0.4, 0.5) is 5.69 Å². The highest BCUT2D eigenvalue weighted by atomic mass is 16.6. The minimum Gasteiger partial charge on any atom is -0.378 e. The number of nitrogens with zero attached hydrogens (tertiary/aromatic N) is 2. The van der Waals surface area contributed by atoms with Gasteiger partial charge in [-0.05, 0) is 12.1 Å². The lowest BCUT2D eigenvalue weighted by Crippen LogP contribution is -2.40. The van der Waals surface area contributed by atoms with Gasteiger partial charge in [0.25, 0.3) is 11.6 Å². The van der Waals surface area contributed by atoms with Crippen molar-refractivity contribution in [1.29, 1.82) is 0 Å². The number of benzene rings is 1. The molecule has 1 saturated heterocycles. The van der Waals surface area contributed by atoms with Crippen LogP contribution in [-0.2, 0) is 4.74 Å². The summed E-state index contributed by atoms with van der Waals surface area (Å²) in [5.74, 6) is -0.206. The number of amides is 1. The summed E-state index contributed by atoms with van der Waals surface area (Å²) < 4.78 is 5.17. The van der Waals surface area contributed by atoms with E-state index < -0.39 is 4.92 Å². The number of rotatable bonds is 3. The lowest BCUT2D eigenvalue weighted by molar-refractivity contribution is -0.385. The summed E-state index contributed by atoms with van der Waals surface area (Å²) in [4.78, 5) is 24.3. The molecule has 19 heavy (non-hydrogen) atoms. The number of hydrogen-bond donors (Lipinski definition) is 0. The smallest absolute Gasteiger partial charge is 0.277 e. The van der Waals surface area contributed by atoms with E-state index in [9.17, 15) is 14.9 Å². The molecule has 0 saturated carbocycles. The number of nitro groups is 1. The summed E-state index contributed by atoms with van der Waals surface area (Å²) in [6, 6.07) is 4.43. The summed E-state index contributed by atoms with van der Waals surface area (Å²) in [6.45, 7) is 5.54. The van der Waals surface area contributed by atoms with Gasteiger partial charge in [0, 0.05) is 24.7 Å². The summed E-state index contributed by atoms with van der Waals surface area (Å²) >= 11 is 0. The van der Waals surface area contributed by atoms with Crippen LogP contribution in [0, 0.1) is 10.1 Å². The molecule has 2 rings (SSSR count). The Morgan fingerprint density at radius 3 is 2.68 bits per heavy atom. The third-order valence-corrected chi connectivity index (χ3v) is 2.99. The second-order valence-electron chi connectivity index (χ2n) is 4.14. The maximum Gasteiger partial charge on any atom is 0.277 e. The fourth-order valence-corrected chi connectivity index (χ4v) is 1.96. The summed E-state index contributed by atoms with van der Waals surface area (Å²) in [5, 5.41) is 10.9. The average Bonchev–Trinajstić information content (AvgIpc) is 2.46. The Labute approximate surface area is 110 Å². The van der Waals surface area contributed by atoms with Gasteiger partial charge in [-0.2, -0.15) is 0 Å². The maximum atomic E-state index is 12.2. The van der Waals surface area contributed by atoms with Gasteiger partial charge in [0.2, 0.25) is 0 Å². The van der Waals surface area contributed by atoms with E-state index in [1.54, 1.807) is 17.0 Å². The molecule has 1 aromatic carbocycles. The summed E-state index contributed by atoms with van der Waals surface area (Å²) in [6.07, 6.45) is 1.40. The molecule has 0 atom stereocenters. The first-order chi connectivity index (χ1) is 9.13. The Hall–Kier alpha value is -2.21. The van der Waals surface area contributed by atoms with E-state index in [0.29, 0.717) is 37.4 Å². The molecule has 0 aliphatic carbocycles. The van der Waals surface area contributed by atoms with Gasteiger partial charge in [-0.3, -0.25) is 14.9 Å². The molecule has 1 aromatic rings. The van der Waals surface area contributed by atoms with Gasteiger partial charge < -0.3 is 9.64 Å². The number of morpholine rings is 1. The molecule has 100 valence electrons. The van der Waals surface area contributed by atoms with Crippen molar-refractivity contribution in [2.45, 2.75) is 0 Å². The topological polar surface area (TPSA) is 72.7 Å². The first-order valence-corrected chi connectivity index (χ1v) is 5.91. The van der Waals surface area contributed by atoms with Crippen LogP contribution in [0.1, 0.15) is 15.9 Å². The molecule has 6 heteroatoms. The van der Waals surface area contributed by atoms with Crippen molar-refractivity contribution < 1.29 is 14.5 Å². The Kier molecular flexibility index (Phi) is 3.91. The molecular formula is C13H14N2O4. The van der Waals surface area contributed by atoms with Crippen molar-refractivity contribution in [3.63, 3.8) is 0 Å². The fourth-order valence-electron chi connectivity index (χ4n) is 1.96. The van der Waals surface area contributed by atoms with Crippen molar-refractivity contribution in [3.8, 4) is 0 Å². The van der Waals surface area contributed by atoms with Gasteiger partial charge in [0.15, 0.2) is 0 Å². The molecule has 1 aliphatic rings. The van der Waals surface area contributed by atoms with Gasteiger partial charge in [-0.25, -0.2) is 0 Å². The predicted octanol–water partition coefficient (Wildman–Crippen LogP) is 1.71. The quantitative estimate of drug-likeness (QED) is 0.614. The number of hydrogen-bond acceptors (Lipinski definition) is 4. The van der Waals surface area contributed by atoms with Gasteiger partial charge in [0.1, 0.15) is 0 Å². The monoisotopic (exact) mass is 262 g/mol. The third kappa shape index (κ3) is 2.79. The molecule has 1 amide bonds. The Bertz CT molecular complexity index is 521. The van der Waals surface area contributed by atoms with Crippen molar-refractivity contribution in [2.24, 2.45) is 0 Å². The first kappa shape index (κ1) is 13.2. The number of carbonyl (C=O) groups is 1. The zero-order valence-electron chi connectivity index (χ0n) is 10.4. The highest BCUT2D eigenvalue weighted by Gasteiger charge is 2.21. The van der Waals surface area contributed by atoms with E-state index in [0.717, 1.165) is 0 Å². The predicted molar refractivity (Wildman–Crippen MR) is 69.9 cm³/mol. The molecule has 0 radical (unpaired) electrons. The van der Waals surface area contributed by atoms with E-state index >= 15 is 0 Å². The van der Waals surface area contributed by atoms with E-state index in [2.05, 4.69) is 6.58 Å². The molecule has 0 aromatic heterocycles. The average molecular weight is 262 g/mol. The molecule has 1 fully saturated rings. The van der Waals surface area contributed by atoms with Crippen LogP contribution in [0.5, 0.6) is 0 Å². The van der Waals surface area contributed by atoms with Crippen molar-refractivity contribution in [3.05, 3.63) is 46.0 Å². The number of carbonyl (C=O) groups excluding carboxylic acids is 1. The Morgan fingerprint density at radius 2 is 2.11 bits per heavy atom. The SMILES string of the molecule is C=Cc1ccc(C(=O)N2CCOCC2)cc1[N+](=O)[O-]. The van der Waals surface area contributed by atoms with E-state index in [-0.39, 0.29) is 11.6 Å². The lowest BCUT2D eigenvalue weighted by atomic mass is 10.1. The first-order valence-electron chi connectivity index (χ1n) is 5.91. The molecule has 0 spiro atoms. The highest BCUT2D eigenvalue weighted by Crippen LogP contribution is 2.22. The fraction of sp³-hybridized carbons (Fsp3) is 0.308. The molecule has 1 heterocycles. The Balaban J connectivity index is 2.29. The second kappa shape index (κ2) is 5.62. The zero-order valence-corrected chi connectivity index (χ0v) is 10.4. The van der Waals surface area contributed by atoms with Crippen molar-refractivity contribution in [2.75, 3.05) is 26.3 Å². The maximum absolute atomic E-state index is 12.2. The van der Waals surface area contributed by atoms with Gasteiger partial charge >= 0.3 is 0 Å². The standard InChI is InChI=1S/C13H14N2O4/c1-2-10-3-4-11(9-12(10)15(17)18)13(16)14-5-7-19-8-6-14/h2-4,9H,1,5-8H2. The molecule has 0 N–H and O–H groups in total. The lowest BCUT2D eigenvalue weighted by Gasteiger charge is -2.26. The van der Waals surface area contributed by atoms with Crippen LogP contribution >= 0.6 is 0 Å². The molecule has 1 aliphatic heterocycles. The van der Waals surface area contributed by atoms with E-state index in [1.165, 1.54) is 12.1 Å². The Morgan fingerprint density at radius 1 is 1.42 bits per heavy atom. The number of nitro benzene ring substituents is 1. The number of ether oxygens (including phenoxy) is 1. The van der Waals surface area contributed by atoms with Crippen molar-refractivity contribution >= 4 is 17.7 Å². The van der Waals surface area contributed by atoms with E-state index in [4.69, 9.17) is 4.74 Å².